The molecule has 27 heavy (non-hydrogen) atoms. The van der Waals surface area contributed by atoms with Crippen LogP contribution in [-0.4, -0.2) is 29.1 Å². The van der Waals surface area contributed by atoms with Crippen LogP contribution in [0.25, 0.3) is 0 Å². The van der Waals surface area contributed by atoms with Crippen LogP contribution in [0.15, 0.2) is 30.3 Å². The lowest BCUT2D eigenvalue weighted by atomic mass is 9.55. The molecule has 5 nitrogen and oxygen atoms in total. The molecule has 148 valence electrons. The molecule has 5 rings (SSSR count). The molecule has 4 atom stereocenters. The summed E-state index contributed by atoms with van der Waals surface area (Å²) in [5, 5.41) is 0. The molecule has 5 heteroatoms. The first kappa shape index (κ1) is 18.9. The number of carbonyl (C=O) groups is 1. The number of rotatable bonds is 4. The van der Waals surface area contributed by atoms with Crippen LogP contribution >= 0.6 is 0 Å². The fourth-order valence-electron chi connectivity index (χ4n) is 5.48. The van der Waals surface area contributed by atoms with Gasteiger partial charge in [-0.2, -0.15) is 0 Å². The maximum Gasteiger partial charge on any atom is 0.338 e. The molecular weight excluding hydrogens is 344 g/mol. The van der Waals surface area contributed by atoms with Crippen LogP contribution < -0.4 is 0 Å². The molecule has 1 saturated carbocycles. The van der Waals surface area contributed by atoms with E-state index in [9.17, 15) is 4.79 Å². The Morgan fingerprint density at radius 1 is 1.07 bits per heavy atom. The zero-order chi connectivity index (χ0) is 19.3. The molecule has 1 unspecified atom stereocenters. The van der Waals surface area contributed by atoms with E-state index in [0.29, 0.717) is 12.0 Å². The number of fused-ring (bicyclic) bond motifs is 2. The van der Waals surface area contributed by atoms with Gasteiger partial charge in [-0.1, -0.05) is 32.0 Å². The first-order chi connectivity index (χ1) is 12.7. The van der Waals surface area contributed by atoms with Gasteiger partial charge in [-0.15, -0.1) is 0 Å². The summed E-state index contributed by atoms with van der Waals surface area (Å²) in [4.78, 5) is 24.3. The first-order valence-corrected chi connectivity index (χ1v) is 10.0. The van der Waals surface area contributed by atoms with Gasteiger partial charge in [0.15, 0.2) is 0 Å². The zero-order valence-electron chi connectivity index (χ0n) is 16.7. The van der Waals surface area contributed by atoms with Crippen LogP contribution in [0, 0.1) is 5.41 Å². The van der Waals surface area contributed by atoms with E-state index in [-0.39, 0.29) is 23.1 Å². The first-order valence-electron chi connectivity index (χ1n) is 10.0. The average Bonchev–Trinajstić information content (AvgIpc) is 2.61. The minimum absolute atomic E-state index is 0.00201. The van der Waals surface area contributed by atoms with E-state index in [1.807, 2.05) is 25.1 Å². The lowest BCUT2D eigenvalue weighted by Gasteiger charge is -2.67. The van der Waals surface area contributed by atoms with Crippen molar-refractivity contribution in [3.05, 3.63) is 35.9 Å². The second-order valence-electron chi connectivity index (χ2n) is 9.26. The van der Waals surface area contributed by atoms with Gasteiger partial charge in [0.1, 0.15) is 17.3 Å². The topological polar surface area (TPSA) is 54.0 Å². The van der Waals surface area contributed by atoms with E-state index >= 15 is 0 Å². The molecule has 0 aromatic heterocycles. The number of hydrogen-bond acceptors (Lipinski definition) is 5. The maximum atomic E-state index is 12.3. The lowest BCUT2D eigenvalue weighted by Crippen LogP contribution is -2.75. The van der Waals surface area contributed by atoms with E-state index in [1.165, 1.54) is 0 Å². The summed E-state index contributed by atoms with van der Waals surface area (Å²) in [6.07, 6.45) is 4.94. The Morgan fingerprint density at radius 3 is 2.48 bits per heavy atom. The Labute approximate surface area is 161 Å². The summed E-state index contributed by atoms with van der Waals surface area (Å²) in [5.41, 5.74) is -0.247. The van der Waals surface area contributed by atoms with Crippen LogP contribution in [0.1, 0.15) is 76.6 Å². The summed E-state index contributed by atoms with van der Waals surface area (Å²) >= 11 is 0. The summed E-state index contributed by atoms with van der Waals surface area (Å²) in [6, 6.07) is 9.04. The van der Waals surface area contributed by atoms with Crippen molar-refractivity contribution in [3.8, 4) is 0 Å². The van der Waals surface area contributed by atoms with Crippen molar-refractivity contribution in [2.24, 2.45) is 5.41 Å². The standard InChI is InChI=1S/C22H30O5/c1-16(24-18(23)17-9-6-5-7-10-17)15-21-13-14-22(27-26-21)19(2,3)11-8-12-20(22,4)25-21/h5-7,9-10,16H,8,11-15H2,1-4H3/t16?,20-,21-,22+/m1/s1. The van der Waals surface area contributed by atoms with E-state index in [1.54, 1.807) is 12.1 Å². The molecule has 1 aliphatic carbocycles. The van der Waals surface area contributed by atoms with Crippen molar-refractivity contribution in [3.63, 3.8) is 0 Å². The molecule has 1 spiro atoms. The highest BCUT2D eigenvalue weighted by molar-refractivity contribution is 5.89. The van der Waals surface area contributed by atoms with E-state index in [4.69, 9.17) is 19.2 Å². The van der Waals surface area contributed by atoms with Gasteiger partial charge < -0.3 is 9.47 Å². The molecule has 3 aliphatic heterocycles. The van der Waals surface area contributed by atoms with Crippen molar-refractivity contribution < 1.29 is 24.0 Å². The second-order valence-corrected chi connectivity index (χ2v) is 9.26. The van der Waals surface area contributed by atoms with E-state index in [0.717, 1.165) is 32.1 Å². The lowest BCUT2D eigenvalue weighted by molar-refractivity contribution is -0.593. The number of hydrogen-bond donors (Lipinski definition) is 0. The Balaban J connectivity index is 1.47. The minimum atomic E-state index is -0.847. The van der Waals surface area contributed by atoms with Gasteiger partial charge in [-0.3, -0.25) is 0 Å². The smallest absolute Gasteiger partial charge is 0.338 e. The SMILES string of the molecule is CC(C[C@@]12CC[C@]3(OO1)C(C)(C)CCC[C@@]3(C)O2)OC(=O)c1ccccc1. The summed E-state index contributed by atoms with van der Waals surface area (Å²) in [5.74, 6) is -1.17. The summed E-state index contributed by atoms with van der Waals surface area (Å²) < 4.78 is 12.2. The molecule has 1 aromatic carbocycles. The van der Waals surface area contributed by atoms with Crippen LogP contribution in [0.5, 0.6) is 0 Å². The van der Waals surface area contributed by atoms with E-state index in [2.05, 4.69) is 20.8 Å². The summed E-state index contributed by atoms with van der Waals surface area (Å²) in [6.45, 7) is 8.54. The highest BCUT2D eigenvalue weighted by atomic mass is 17.3. The van der Waals surface area contributed by atoms with Gasteiger partial charge >= 0.3 is 5.97 Å². The normalized spacial score (nSPS) is 38.1. The zero-order valence-corrected chi connectivity index (χ0v) is 16.7. The fourth-order valence-corrected chi connectivity index (χ4v) is 5.48. The number of esters is 1. The van der Waals surface area contributed by atoms with Crippen LogP contribution in [0.2, 0.25) is 0 Å². The van der Waals surface area contributed by atoms with Gasteiger partial charge in [0.25, 0.3) is 0 Å². The molecule has 4 aliphatic rings. The average molecular weight is 374 g/mol. The van der Waals surface area contributed by atoms with Gasteiger partial charge in [-0.25, -0.2) is 14.6 Å². The molecule has 3 saturated heterocycles. The highest BCUT2D eigenvalue weighted by Gasteiger charge is 2.71. The quantitative estimate of drug-likeness (QED) is 0.560. The minimum Gasteiger partial charge on any atom is -0.459 e. The number of benzene rings is 1. The largest absolute Gasteiger partial charge is 0.459 e. The van der Waals surface area contributed by atoms with Crippen molar-refractivity contribution >= 4 is 5.97 Å². The van der Waals surface area contributed by atoms with Gasteiger partial charge in [-0.05, 0) is 57.1 Å². The molecular formula is C22H30O5. The Morgan fingerprint density at radius 2 is 1.81 bits per heavy atom. The third-order valence-electron chi connectivity index (χ3n) is 6.92. The van der Waals surface area contributed by atoms with Gasteiger partial charge in [0.05, 0.1) is 5.56 Å². The van der Waals surface area contributed by atoms with Gasteiger partial charge in [0.2, 0.25) is 5.79 Å². The molecule has 0 N–H and O–H groups in total. The molecule has 2 bridgehead atoms. The van der Waals surface area contributed by atoms with Crippen molar-refractivity contribution in [1.82, 2.24) is 0 Å². The predicted octanol–water partition coefficient (Wildman–Crippen LogP) is 4.80. The third-order valence-corrected chi connectivity index (χ3v) is 6.92. The number of ether oxygens (including phenoxy) is 2. The predicted molar refractivity (Wildman–Crippen MR) is 99.9 cm³/mol. The highest BCUT2D eigenvalue weighted by Crippen LogP contribution is 2.63. The third kappa shape index (κ3) is 2.91. The Kier molecular flexibility index (Phi) is 4.41. The molecule has 0 amide bonds. The summed E-state index contributed by atoms with van der Waals surface area (Å²) in [7, 11) is 0. The number of carbonyl (C=O) groups excluding carboxylic acids is 1. The van der Waals surface area contributed by atoms with Crippen molar-refractivity contribution in [2.75, 3.05) is 0 Å². The Bertz CT molecular complexity index is 705. The van der Waals surface area contributed by atoms with Gasteiger partial charge in [0, 0.05) is 12.8 Å². The van der Waals surface area contributed by atoms with E-state index < -0.39 is 11.4 Å². The van der Waals surface area contributed by atoms with Crippen molar-refractivity contribution in [2.45, 2.75) is 89.3 Å². The maximum absolute atomic E-state index is 12.3. The van der Waals surface area contributed by atoms with Crippen LogP contribution in [0.3, 0.4) is 0 Å². The molecule has 1 aromatic rings. The fraction of sp³-hybridized carbons (Fsp3) is 0.682. The monoisotopic (exact) mass is 374 g/mol. The molecule has 4 fully saturated rings. The molecule has 0 radical (unpaired) electrons. The van der Waals surface area contributed by atoms with Crippen LogP contribution in [0.4, 0.5) is 0 Å². The van der Waals surface area contributed by atoms with Crippen LogP contribution in [-0.2, 0) is 19.2 Å². The van der Waals surface area contributed by atoms with Crippen molar-refractivity contribution in [1.29, 1.82) is 0 Å². The molecule has 3 heterocycles. The second kappa shape index (κ2) is 6.29. The Hall–Kier alpha value is -1.43.